The van der Waals surface area contributed by atoms with Crippen molar-refractivity contribution < 1.29 is 0 Å². The molecule has 0 spiro atoms. The molecular formula is C80H58N8. The van der Waals surface area contributed by atoms with Crippen LogP contribution in [0.25, 0.3) is 0 Å². The maximum atomic E-state index is 9.55. The maximum absolute atomic E-state index is 9.55. The van der Waals surface area contributed by atoms with Crippen molar-refractivity contribution >= 4 is 102 Å². The first-order valence-corrected chi connectivity index (χ1v) is 29.2. The molecule has 8 nitrogen and oxygen atoms in total. The number of rotatable bonds is 18. The molecule has 0 atom stereocenters. The molecule has 0 fully saturated rings. The Balaban J connectivity index is 0.802. The summed E-state index contributed by atoms with van der Waals surface area (Å²) in [4.78, 5) is 13.6. The number of hydrogen-bond acceptors (Lipinski definition) is 8. The Kier molecular flexibility index (Phi) is 16.0. The molecule has 0 heterocycles. The molecule has 0 unspecified atom stereocenters. The van der Waals surface area contributed by atoms with E-state index < -0.39 is 0 Å². The zero-order chi connectivity index (χ0) is 59.4. The molecule has 8 heteroatoms. The number of para-hydroxylation sites is 6. The van der Waals surface area contributed by atoms with Gasteiger partial charge < -0.3 is 29.4 Å². The van der Waals surface area contributed by atoms with E-state index in [9.17, 15) is 10.5 Å². The lowest BCUT2D eigenvalue weighted by Gasteiger charge is -2.30. The van der Waals surface area contributed by atoms with Gasteiger partial charge >= 0.3 is 0 Å². The highest BCUT2D eigenvalue weighted by atomic mass is 15.2. The van der Waals surface area contributed by atoms with Gasteiger partial charge in [0.15, 0.2) is 0 Å². The summed E-state index contributed by atoms with van der Waals surface area (Å²) < 4.78 is 0. The number of anilines is 18. The fourth-order valence-electron chi connectivity index (χ4n) is 11.3. The van der Waals surface area contributed by atoms with Crippen molar-refractivity contribution in [2.75, 3.05) is 29.4 Å². The van der Waals surface area contributed by atoms with Gasteiger partial charge in [-0.25, -0.2) is 0 Å². The van der Waals surface area contributed by atoms with Crippen LogP contribution in [0.3, 0.4) is 0 Å². The van der Waals surface area contributed by atoms with Crippen LogP contribution in [0.2, 0.25) is 0 Å². The molecule has 0 amide bonds. The molecule has 0 aliphatic carbocycles. The number of nitrogens with zero attached hydrogens (tertiary/aromatic N) is 8. The van der Waals surface area contributed by atoms with Gasteiger partial charge in [0.2, 0.25) is 0 Å². The number of hydrogen-bond donors (Lipinski definition) is 0. The standard InChI is InChI=1S/C80H58N8/c81-59-61-31-35-69(36-32-61)83(63-19-7-1-8-20-63)71-39-43-73(44-40-71)85(65-23-11-3-12-24-65)75-47-51-77(52-48-75)87(67-27-15-5-16-28-67)79-55-57-80(58-56-79)88(68-29-17-6-18-30-68)78-53-49-76(50-54-78)86(66-25-13-4-14-26-66)74-45-41-72(42-46-74)84(64-21-9-2-10-22-64)70-37-33-62(60-82)34-38-70/h1-58H. The Morgan fingerprint density at radius 1 is 0.136 bits per heavy atom. The van der Waals surface area contributed by atoms with E-state index in [1.165, 1.54) is 0 Å². The molecule has 0 aromatic heterocycles. The van der Waals surface area contributed by atoms with Crippen LogP contribution < -0.4 is 29.4 Å². The molecule has 13 aromatic carbocycles. The average molecular weight is 1130 g/mol. The van der Waals surface area contributed by atoms with E-state index in [0.717, 1.165) is 102 Å². The van der Waals surface area contributed by atoms with Crippen LogP contribution in [0.1, 0.15) is 11.1 Å². The lowest BCUT2D eigenvalue weighted by atomic mass is 10.1. The molecular weight excluding hydrogens is 1070 g/mol. The lowest BCUT2D eigenvalue weighted by Crippen LogP contribution is -2.14. The minimum absolute atomic E-state index is 0.619. The van der Waals surface area contributed by atoms with Gasteiger partial charge in [0.25, 0.3) is 0 Å². The first-order valence-electron chi connectivity index (χ1n) is 29.2. The highest BCUT2D eigenvalue weighted by Gasteiger charge is 2.22. The minimum atomic E-state index is 0.619. The van der Waals surface area contributed by atoms with Crippen LogP contribution in [0.4, 0.5) is 102 Å². The van der Waals surface area contributed by atoms with Crippen LogP contribution >= 0.6 is 0 Å². The second kappa shape index (κ2) is 25.6. The first-order chi connectivity index (χ1) is 43.6. The summed E-state index contributed by atoms with van der Waals surface area (Å²) >= 11 is 0. The second-order valence-electron chi connectivity index (χ2n) is 20.9. The summed E-state index contributed by atoms with van der Waals surface area (Å²) in [7, 11) is 0. The molecule has 0 aliphatic rings. The number of benzene rings is 13. The Morgan fingerprint density at radius 2 is 0.239 bits per heavy atom. The largest absolute Gasteiger partial charge is 0.311 e. The maximum Gasteiger partial charge on any atom is 0.0991 e. The van der Waals surface area contributed by atoms with Crippen LogP contribution in [-0.2, 0) is 0 Å². The van der Waals surface area contributed by atoms with E-state index in [1.807, 2.05) is 97.1 Å². The lowest BCUT2D eigenvalue weighted by molar-refractivity contribution is 1.23. The molecule has 0 aliphatic heterocycles. The van der Waals surface area contributed by atoms with Gasteiger partial charge in [-0.15, -0.1) is 0 Å². The zero-order valence-corrected chi connectivity index (χ0v) is 48.1. The Bertz CT molecular complexity index is 4160. The van der Waals surface area contributed by atoms with Gasteiger partial charge in [-0.2, -0.15) is 10.5 Å². The van der Waals surface area contributed by atoms with E-state index in [0.29, 0.717) is 11.1 Å². The molecule has 0 N–H and O–H groups in total. The van der Waals surface area contributed by atoms with Crippen molar-refractivity contribution in [1.29, 1.82) is 10.5 Å². The summed E-state index contributed by atoms with van der Waals surface area (Å²) in [6.45, 7) is 0. The molecule has 0 bridgehead atoms. The summed E-state index contributed by atoms with van der Waals surface area (Å²) in [6.07, 6.45) is 0. The third kappa shape index (κ3) is 11.8. The van der Waals surface area contributed by atoms with Gasteiger partial charge in [-0.1, -0.05) is 109 Å². The normalized spacial score (nSPS) is 10.7. The Labute approximate surface area is 514 Å². The van der Waals surface area contributed by atoms with Gasteiger partial charge in [-0.05, 0) is 243 Å². The van der Waals surface area contributed by atoms with E-state index >= 15 is 0 Å². The molecule has 13 aromatic rings. The average Bonchev–Trinajstić information content (AvgIpc) is 3.71. The quantitative estimate of drug-likeness (QED) is 0.0842. The van der Waals surface area contributed by atoms with Crippen molar-refractivity contribution in [3.8, 4) is 12.1 Å². The molecule has 0 saturated heterocycles. The smallest absolute Gasteiger partial charge is 0.0991 e. The van der Waals surface area contributed by atoms with Crippen LogP contribution in [0, 0.1) is 22.7 Å². The fourth-order valence-corrected chi connectivity index (χ4v) is 11.3. The fraction of sp³-hybridized carbons (Fsp3) is 0. The summed E-state index contributed by atoms with van der Waals surface area (Å²) in [5, 5.41) is 19.1. The topological polar surface area (TPSA) is 67.0 Å². The monoisotopic (exact) mass is 1130 g/mol. The molecule has 88 heavy (non-hydrogen) atoms. The second-order valence-corrected chi connectivity index (χ2v) is 20.9. The van der Waals surface area contributed by atoms with Crippen molar-refractivity contribution in [2.24, 2.45) is 0 Å². The number of nitriles is 2. The van der Waals surface area contributed by atoms with E-state index in [4.69, 9.17) is 0 Å². The molecule has 13 rings (SSSR count). The van der Waals surface area contributed by atoms with Crippen LogP contribution in [0.5, 0.6) is 0 Å². The predicted molar refractivity (Wildman–Crippen MR) is 364 cm³/mol. The minimum Gasteiger partial charge on any atom is -0.311 e. The van der Waals surface area contributed by atoms with Gasteiger partial charge in [0.05, 0.1) is 23.3 Å². The van der Waals surface area contributed by atoms with Crippen molar-refractivity contribution in [3.63, 3.8) is 0 Å². The van der Waals surface area contributed by atoms with E-state index in [2.05, 4.69) is 296 Å². The van der Waals surface area contributed by atoms with E-state index in [-0.39, 0.29) is 0 Å². The third-order valence-electron chi connectivity index (χ3n) is 15.4. The summed E-state index contributed by atoms with van der Waals surface area (Å²) in [5.74, 6) is 0. The first kappa shape index (κ1) is 54.9. The van der Waals surface area contributed by atoms with Gasteiger partial charge in [0.1, 0.15) is 0 Å². The summed E-state index contributed by atoms with van der Waals surface area (Å²) in [5.41, 5.74) is 19.5. The molecule has 0 saturated carbocycles. The Morgan fingerprint density at radius 3 is 0.352 bits per heavy atom. The third-order valence-corrected chi connectivity index (χ3v) is 15.4. The predicted octanol–water partition coefficient (Wildman–Crippen LogP) is 22.2. The van der Waals surface area contributed by atoms with Gasteiger partial charge in [0, 0.05) is 102 Å². The van der Waals surface area contributed by atoms with E-state index in [1.54, 1.807) is 0 Å². The molecule has 0 radical (unpaired) electrons. The highest BCUT2D eigenvalue weighted by molar-refractivity contribution is 5.87. The van der Waals surface area contributed by atoms with Gasteiger partial charge in [-0.3, -0.25) is 0 Å². The molecule has 418 valence electrons. The van der Waals surface area contributed by atoms with Crippen molar-refractivity contribution in [2.45, 2.75) is 0 Å². The van der Waals surface area contributed by atoms with Crippen LogP contribution in [-0.4, -0.2) is 0 Å². The summed E-state index contributed by atoms with van der Waals surface area (Å²) in [6, 6.07) is 126. The zero-order valence-electron chi connectivity index (χ0n) is 48.1. The van der Waals surface area contributed by atoms with Crippen LogP contribution in [0.15, 0.2) is 352 Å². The van der Waals surface area contributed by atoms with Crippen molar-refractivity contribution in [1.82, 2.24) is 0 Å². The SMILES string of the molecule is N#Cc1ccc(N(c2ccccc2)c2ccc(N(c3ccccc3)c3ccc(N(c4ccccc4)c4ccc(N(c5ccccc5)c5ccc(N(c6ccccc6)c6ccc(N(c7ccccc7)c7ccc(C#N)cc7)cc6)cc5)cc4)cc3)cc2)cc1. The van der Waals surface area contributed by atoms with Crippen molar-refractivity contribution in [3.05, 3.63) is 363 Å². The Hall–Kier alpha value is -12.4. The highest BCUT2D eigenvalue weighted by Crippen LogP contribution is 2.45.